The van der Waals surface area contributed by atoms with Crippen LogP contribution >= 0.6 is 0 Å². The number of hydrogen-bond donors (Lipinski definition) is 3. The number of carbonyl (C=O) groups is 5. The normalized spacial score (nSPS) is 18.4. The van der Waals surface area contributed by atoms with E-state index in [1.165, 1.54) is 14.2 Å². The highest BCUT2D eigenvalue weighted by atomic mass is 16.5. The van der Waals surface area contributed by atoms with Crippen molar-refractivity contribution in [3.63, 3.8) is 0 Å². The molecule has 1 aromatic rings. The summed E-state index contributed by atoms with van der Waals surface area (Å²) in [7, 11) is 7.95. The van der Waals surface area contributed by atoms with Crippen LogP contribution < -0.4 is 16.4 Å². The average Bonchev–Trinajstić information content (AvgIpc) is 3.70. The highest BCUT2D eigenvalue weighted by molar-refractivity contribution is 5.90. The van der Waals surface area contributed by atoms with Crippen LogP contribution in [0.5, 0.6) is 0 Å². The van der Waals surface area contributed by atoms with Crippen LogP contribution in [-0.4, -0.2) is 155 Å². The molecular formula is C44H76N6O9. The largest absolute Gasteiger partial charge is 0.467 e. The molecule has 0 radical (unpaired) electrons. The highest BCUT2D eigenvalue weighted by Crippen LogP contribution is 2.30. The molecule has 4 amide bonds. The number of rotatable bonds is 26. The molecule has 1 aliphatic rings. The number of hydrogen-bond acceptors (Lipinski definition) is 11. The number of likely N-dealkylation sites (N-methyl/N-ethyl adjacent to an activating group) is 2. The van der Waals surface area contributed by atoms with Crippen molar-refractivity contribution in [2.75, 3.05) is 68.3 Å². The van der Waals surface area contributed by atoms with E-state index < -0.39 is 54.3 Å². The maximum absolute atomic E-state index is 14.4. The highest BCUT2D eigenvalue weighted by Gasteiger charge is 2.43. The first-order valence-electron chi connectivity index (χ1n) is 21.3. The van der Waals surface area contributed by atoms with Gasteiger partial charge in [0.1, 0.15) is 12.1 Å². The molecule has 1 saturated heterocycles. The standard InChI is InChI=1S/C44H76N6O9/c1-13-30(6)39(49(9)43(54)37(28(2)3)47-42(53)38(29(4)5)48(8)23-25-59-24-21-45)35(56-10)27-36(51)50-22-17-20-34(50)40(57-11)31(7)41(52)46-33(44(55)58-12)26-32-18-15-14-16-19-32/h14-16,18-19,28-31,33-35,37-40H,13,17,20-27,45H2,1-12H3,(H,46,52)(H,47,53)/t30-,31+,33-,34-,35+,37-,38?,39?,40+/m0/s1. The van der Waals surface area contributed by atoms with Crippen LogP contribution in [0.25, 0.3) is 0 Å². The van der Waals surface area contributed by atoms with Gasteiger partial charge in [0.05, 0.1) is 63.0 Å². The van der Waals surface area contributed by atoms with Gasteiger partial charge in [-0.25, -0.2) is 4.79 Å². The quantitative estimate of drug-likeness (QED) is 0.0923. The van der Waals surface area contributed by atoms with Gasteiger partial charge >= 0.3 is 5.97 Å². The molecule has 15 nitrogen and oxygen atoms in total. The van der Waals surface area contributed by atoms with Crippen molar-refractivity contribution in [1.29, 1.82) is 0 Å². The Labute approximate surface area is 353 Å². The Bertz CT molecular complexity index is 1450. The number of amides is 4. The van der Waals surface area contributed by atoms with Crippen molar-refractivity contribution in [1.82, 2.24) is 25.3 Å². The minimum Gasteiger partial charge on any atom is -0.467 e. The number of carbonyl (C=O) groups excluding carboxylic acids is 5. The van der Waals surface area contributed by atoms with E-state index in [-0.39, 0.29) is 54.2 Å². The Morgan fingerprint density at radius 2 is 1.56 bits per heavy atom. The monoisotopic (exact) mass is 833 g/mol. The van der Waals surface area contributed by atoms with Crippen LogP contribution in [0, 0.1) is 23.7 Å². The van der Waals surface area contributed by atoms with Crippen LogP contribution in [0.15, 0.2) is 30.3 Å². The van der Waals surface area contributed by atoms with Crippen molar-refractivity contribution in [2.24, 2.45) is 29.4 Å². The van der Waals surface area contributed by atoms with Crippen molar-refractivity contribution < 1.29 is 42.9 Å². The molecule has 15 heteroatoms. The van der Waals surface area contributed by atoms with Crippen molar-refractivity contribution >= 4 is 29.6 Å². The van der Waals surface area contributed by atoms with Crippen LogP contribution in [0.1, 0.15) is 79.7 Å². The fourth-order valence-electron chi connectivity index (χ4n) is 8.31. The first-order chi connectivity index (χ1) is 28.0. The number of ether oxygens (including phenoxy) is 4. The average molecular weight is 833 g/mol. The third-order valence-corrected chi connectivity index (χ3v) is 11.8. The summed E-state index contributed by atoms with van der Waals surface area (Å²) in [5.74, 6) is -2.65. The first kappa shape index (κ1) is 51.5. The summed E-state index contributed by atoms with van der Waals surface area (Å²) < 4.78 is 22.6. The fourth-order valence-corrected chi connectivity index (χ4v) is 8.31. The Hall–Kier alpha value is -3.63. The molecule has 0 aliphatic carbocycles. The molecule has 336 valence electrons. The zero-order valence-corrected chi connectivity index (χ0v) is 37.9. The van der Waals surface area contributed by atoms with Crippen LogP contribution in [0.2, 0.25) is 0 Å². The maximum atomic E-state index is 14.4. The second-order valence-corrected chi connectivity index (χ2v) is 16.7. The van der Waals surface area contributed by atoms with Gasteiger partial charge in [0, 0.05) is 47.3 Å². The molecule has 1 fully saturated rings. The number of likely N-dealkylation sites (tertiary alicyclic amines) is 1. The molecule has 0 spiro atoms. The summed E-state index contributed by atoms with van der Waals surface area (Å²) in [5.41, 5.74) is 6.42. The molecule has 0 bridgehead atoms. The summed E-state index contributed by atoms with van der Waals surface area (Å²) in [4.78, 5) is 74.4. The molecule has 0 saturated carbocycles. The first-order valence-corrected chi connectivity index (χ1v) is 21.3. The molecule has 4 N–H and O–H groups in total. The molecule has 2 unspecified atom stereocenters. The summed E-state index contributed by atoms with van der Waals surface area (Å²) in [6.07, 6.45) is 0.981. The van der Waals surface area contributed by atoms with Gasteiger partial charge in [-0.3, -0.25) is 24.1 Å². The smallest absolute Gasteiger partial charge is 0.328 e. The SMILES string of the molecule is CC[C@H](C)C([C@@H](CC(=O)N1CCC[C@H]1[C@H](OC)[C@@H](C)C(=O)N[C@@H](Cc1ccccc1)C(=O)OC)OC)N(C)C(=O)[C@@H](NC(=O)C(C(C)C)N(C)CCOCCN)C(C)C. The lowest BCUT2D eigenvalue weighted by Gasteiger charge is -2.41. The molecule has 59 heavy (non-hydrogen) atoms. The number of methoxy groups -OCH3 is 3. The topological polar surface area (TPSA) is 182 Å². The van der Waals surface area contributed by atoms with Gasteiger partial charge in [-0.05, 0) is 43.2 Å². The Morgan fingerprint density at radius 1 is 0.898 bits per heavy atom. The lowest BCUT2D eigenvalue weighted by Crippen LogP contribution is -2.60. The second kappa shape index (κ2) is 25.9. The van der Waals surface area contributed by atoms with E-state index in [0.29, 0.717) is 45.7 Å². The lowest BCUT2D eigenvalue weighted by atomic mass is 9.89. The van der Waals surface area contributed by atoms with Gasteiger partial charge in [0.2, 0.25) is 23.6 Å². The third kappa shape index (κ3) is 14.8. The van der Waals surface area contributed by atoms with E-state index in [2.05, 4.69) is 10.6 Å². The predicted molar refractivity (Wildman–Crippen MR) is 228 cm³/mol. The van der Waals surface area contributed by atoms with E-state index in [1.807, 2.05) is 83.8 Å². The number of esters is 1. The predicted octanol–water partition coefficient (Wildman–Crippen LogP) is 2.88. The van der Waals surface area contributed by atoms with Gasteiger partial charge in [-0.2, -0.15) is 0 Å². The fraction of sp³-hybridized carbons (Fsp3) is 0.750. The summed E-state index contributed by atoms with van der Waals surface area (Å²) in [5, 5.41) is 5.93. The minimum atomic E-state index is -0.899. The molecule has 1 heterocycles. The van der Waals surface area contributed by atoms with Gasteiger partial charge in [0.15, 0.2) is 0 Å². The molecule has 9 atom stereocenters. The molecule has 0 aromatic heterocycles. The molecule has 1 aliphatic heterocycles. The van der Waals surface area contributed by atoms with Crippen molar-refractivity contribution in [2.45, 2.75) is 123 Å². The number of nitrogens with zero attached hydrogens (tertiary/aromatic N) is 3. The van der Waals surface area contributed by atoms with Crippen molar-refractivity contribution in [3.8, 4) is 0 Å². The van der Waals surface area contributed by atoms with Gasteiger partial charge < -0.3 is 45.1 Å². The summed E-state index contributed by atoms with van der Waals surface area (Å²) >= 11 is 0. The lowest BCUT2D eigenvalue weighted by molar-refractivity contribution is -0.149. The van der Waals surface area contributed by atoms with E-state index in [4.69, 9.17) is 24.7 Å². The van der Waals surface area contributed by atoms with E-state index >= 15 is 0 Å². The van der Waals surface area contributed by atoms with E-state index in [0.717, 1.165) is 12.0 Å². The Kier molecular flexibility index (Phi) is 22.6. The third-order valence-electron chi connectivity index (χ3n) is 11.8. The number of nitrogens with one attached hydrogen (secondary N) is 2. The van der Waals surface area contributed by atoms with E-state index in [9.17, 15) is 24.0 Å². The van der Waals surface area contributed by atoms with E-state index in [1.54, 1.807) is 30.9 Å². The maximum Gasteiger partial charge on any atom is 0.328 e. The van der Waals surface area contributed by atoms with Gasteiger partial charge in [0.25, 0.3) is 0 Å². The van der Waals surface area contributed by atoms with Crippen LogP contribution in [0.4, 0.5) is 0 Å². The van der Waals surface area contributed by atoms with Gasteiger partial charge in [-0.15, -0.1) is 0 Å². The second-order valence-electron chi connectivity index (χ2n) is 16.7. The zero-order chi connectivity index (χ0) is 44.4. The van der Waals surface area contributed by atoms with Crippen molar-refractivity contribution in [3.05, 3.63) is 35.9 Å². The number of benzene rings is 1. The van der Waals surface area contributed by atoms with Crippen LogP contribution in [0.3, 0.4) is 0 Å². The molecular weight excluding hydrogens is 757 g/mol. The van der Waals surface area contributed by atoms with Crippen LogP contribution in [-0.2, 0) is 49.3 Å². The Balaban J connectivity index is 2.27. The summed E-state index contributed by atoms with van der Waals surface area (Å²) in [6, 6.07) is 6.26. The zero-order valence-electron chi connectivity index (χ0n) is 37.9. The Morgan fingerprint density at radius 3 is 2.10 bits per heavy atom. The van der Waals surface area contributed by atoms with Gasteiger partial charge in [-0.1, -0.05) is 85.2 Å². The summed E-state index contributed by atoms with van der Waals surface area (Å²) in [6.45, 7) is 15.8. The molecule has 2 rings (SSSR count). The molecule has 1 aromatic carbocycles. The minimum absolute atomic E-state index is 0.0106. The number of nitrogens with two attached hydrogens (primary N) is 1.